The molecule has 0 aliphatic carbocycles. The number of rotatable bonds is 5. The number of aryl methyl sites for hydroxylation is 1. The Morgan fingerprint density at radius 3 is 2.90 bits per heavy atom. The SMILES string of the molecule is CCCNC(C)c1sc(-c2cc(Br)ccc2F)nc1C. The van der Waals surface area contributed by atoms with Gasteiger partial charge in [0.1, 0.15) is 10.8 Å². The van der Waals surface area contributed by atoms with Crippen LogP contribution in [-0.4, -0.2) is 11.5 Å². The van der Waals surface area contributed by atoms with Crippen molar-refractivity contribution < 1.29 is 4.39 Å². The van der Waals surface area contributed by atoms with E-state index in [0.29, 0.717) is 5.56 Å². The summed E-state index contributed by atoms with van der Waals surface area (Å²) in [6, 6.07) is 5.19. The molecule has 2 rings (SSSR count). The van der Waals surface area contributed by atoms with Gasteiger partial charge in [-0.05, 0) is 45.0 Å². The maximum Gasteiger partial charge on any atom is 0.133 e. The fraction of sp³-hybridized carbons (Fsp3) is 0.400. The van der Waals surface area contributed by atoms with Gasteiger partial charge < -0.3 is 5.32 Å². The summed E-state index contributed by atoms with van der Waals surface area (Å²) in [7, 11) is 0. The highest BCUT2D eigenvalue weighted by Gasteiger charge is 2.17. The van der Waals surface area contributed by atoms with E-state index in [1.807, 2.05) is 6.92 Å². The Kier molecular flexibility index (Phi) is 5.29. The highest BCUT2D eigenvalue weighted by molar-refractivity contribution is 9.10. The van der Waals surface area contributed by atoms with E-state index in [-0.39, 0.29) is 11.9 Å². The zero-order valence-electron chi connectivity index (χ0n) is 11.8. The largest absolute Gasteiger partial charge is 0.309 e. The molecule has 0 spiro atoms. The first-order valence-corrected chi connectivity index (χ1v) is 8.30. The minimum absolute atomic E-state index is 0.234. The van der Waals surface area contributed by atoms with Crippen molar-refractivity contribution in [3.63, 3.8) is 0 Å². The molecule has 2 aromatic rings. The maximum absolute atomic E-state index is 13.9. The summed E-state index contributed by atoms with van der Waals surface area (Å²) < 4.78 is 14.8. The Balaban J connectivity index is 2.33. The smallest absolute Gasteiger partial charge is 0.133 e. The van der Waals surface area contributed by atoms with Gasteiger partial charge in [0.05, 0.1) is 5.69 Å². The van der Waals surface area contributed by atoms with Crippen molar-refractivity contribution in [3.05, 3.63) is 39.1 Å². The molecule has 1 heterocycles. The number of nitrogens with zero attached hydrogens (tertiary/aromatic N) is 1. The standard InChI is InChI=1S/C15H18BrFN2S/c1-4-7-18-9(2)14-10(3)19-15(20-14)12-8-11(16)5-6-13(12)17/h5-6,8-9,18H,4,7H2,1-3H3. The second-order valence-corrected chi connectivity index (χ2v) is 6.71. The molecule has 0 fully saturated rings. The molecule has 0 saturated heterocycles. The Morgan fingerprint density at radius 1 is 1.45 bits per heavy atom. The van der Waals surface area contributed by atoms with Gasteiger partial charge in [-0.25, -0.2) is 9.37 Å². The van der Waals surface area contributed by atoms with Gasteiger partial charge in [-0.3, -0.25) is 0 Å². The van der Waals surface area contributed by atoms with Gasteiger partial charge in [-0.15, -0.1) is 11.3 Å². The number of thiazole rings is 1. The summed E-state index contributed by atoms with van der Waals surface area (Å²) in [5.74, 6) is -0.234. The van der Waals surface area contributed by atoms with Crippen molar-refractivity contribution in [1.82, 2.24) is 10.3 Å². The lowest BCUT2D eigenvalue weighted by Gasteiger charge is -2.11. The predicted molar refractivity (Wildman–Crippen MR) is 86.7 cm³/mol. The fourth-order valence-electron chi connectivity index (χ4n) is 2.04. The van der Waals surface area contributed by atoms with Gasteiger partial charge >= 0.3 is 0 Å². The maximum atomic E-state index is 13.9. The lowest BCUT2D eigenvalue weighted by Crippen LogP contribution is -2.18. The van der Waals surface area contributed by atoms with E-state index in [1.54, 1.807) is 23.5 Å². The molecule has 108 valence electrons. The average Bonchev–Trinajstić information content (AvgIpc) is 2.80. The Hall–Kier alpha value is -0.780. The summed E-state index contributed by atoms with van der Waals surface area (Å²) in [5.41, 5.74) is 1.53. The molecular formula is C15H18BrFN2S. The molecule has 1 atom stereocenters. The van der Waals surface area contributed by atoms with Crippen LogP contribution in [0, 0.1) is 12.7 Å². The third kappa shape index (κ3) is 3.45. The van der Waals surface area contributed by atoms with Crippen LogP contribution < -0.4 is 5.32 Å². The average molecular weight is 357 g/mol. The van der Waals surface area contributed by atoms with Crippen molar-refractivity contribution in [1.29, 1.82) is 0 Å². The molecule has 0 radical (unpaired) electrons. The number of benzene rings is 1. The van der Waals surface area contributed by atoms with Crippen LogP contribution in [0.15, 0.2) is 22.7 Å². The first-order valence-electron chi connectivity index (χ1n) is 6.69. The van der Waals surface area contributed by atoms with Gasteiger partial charge in [0.15, 0.2) is 0 Å². The van der Waals surface area contributed by atoms with E-state index in [4.69, 9.17) is 0 Å². The van der Waals surface area contributed by atoms with Crippen molar-refractivity contribution >= 4 is 27.3 Å². The van der Waals surface area contributed by atoms with Crippen LogP contribution in [0.4, 0.5) is 4.39 Å². The minimum Gasteiger partial charge on any atom is -0.309 e. The Morgan fingerprint density at radius 2 is 2.20 bits per heavy atom. The molecule has 0 aliphatic heterocycles. The van der Waals surface area contributed by atoms with E-state index in [1.165, 1.54) is 10.9 Å². The third-order valence-corrected chi connectivity index (χ3v) is 4.95. The molecule has 1 N–H and O–H groups in total. The third-order valence-electron chi connectivity index (χ3n) is 3.09. The second kappa shape index (κ2) is 6.78. The van der Waals surface area contributed by atoms with Crippen molar-refractivity contribution in [2.75, 3.05) is 6.54 Å². The summed E-state index contributed by atoms with van der Waals surface area (Å²) in [6.45, 7) is 7.22. The van der Waals surface area contributed by atoms with E-state index in [9.17, 15) is 4.39 Å². The van der Waals surface area contributed by atoms with Gasteiger partial charge in [0.2, 0.25) is 0 Å². The number of halogens is 2. The van der Waals surface area contributed by atoms with Crippen LogP contribution >= 0.6 is 27.3 Å². The van der Waals surface area contributed by atoms with E-state index >= 15 is 0 Å². The van der Waals surface area contributed by atoms with Crippen LogP contribution in [0.25, 0.3) is 10.6 Å². The highest BCUT2D eigenvalue weighted by Crippen LogP contribution is 2.34. The monoisotopic (exact) mass is 356 g/mol. The number of hydrogen-bond acceptors (Lipinski definition) is 3. The first-order chi connectivity index (χ1) is 9.52. The normalized spacial score (nSPS) is 12.7. The van der Waals surface area contributed by atoms with E-state index < -0.39 is 0 Å². The molecule has 1 aromatic heterocycles. The summed E-state index contributed by atoms with van der Waals surface area (Å²) >= 11 is 4.94. The predicted octanol–water partition coefficient (Wildman–Crippen LogP) is 5.08. The molecule has 0 bridgehead atoms. The Labute approximate surface area is 131 Å². The molecule has 2 nitrogen and oxygen atoms in total. The van der Waals surface area contributed by atoms with Gasteiger partial charge in [0, 0.05) is 21.0 Å². The molecule has 20 heavy (non-hydrogen) atoms. The summed E-state index contributed by atoms with van der Waals surface area (Å²) in [5, 5.41) is 4.19. The minimum atomic E-state index is -0.234. The summed E-state index contributed by atoms with van der Waals surface area (Å²) in [6.07, 6.45) is 1.09. The molecule has 0 amide bonds. The molecule has 0 saturated carbocycles. The fourth-order valence-corrected chi connectivity index (χ4v) is 3.51. The van der Waals surface area contributed by atoms with Gasteiger partial charge in [-0.1, -0.05) is 22.9 Å². The topological polar surface area (TPSA) is 24.9 Å². The molecule has 0 aliphatic rings. The molecular weight excluding hydrogens is 339 g/mol. The molecule has 5 heteroatoms. The lowest BCUT2D eigenvalue weighted by atomic mass is 10.2. The van der Waals surface area contributed by atoms with Crippen molar-refractivity contribution in [3.8, 4) is 10.6 Å². The summed E-state index contributed by atoms with van der Waals surface area (Å²) in [4.78, 5) is 5.70. The molecule has 1 unspecified atom stereocenters. The Bertz CT molecular complexity index is 598. The van der Waals surface area contributed by atoms with E-state index in [0.717, 1.165) is 28.1 Å². The van der Waals surface area contributed by atoms with Crippen LogP contribution in [0.1, 0.15) is 36.9 Å². The number of hydrogen-bond donors (Lipinski definition) is 1. The van der Waals surface area contributed by atoms with Crippen molar-refractivity contribution in [2.24, 2.45) is 0 Å². The zero-order chi connectivity index (χ0) is 14.7. The van der Waals surface area contributed by atoms with Crippen molar-refractivity contribution in [2.45, 2.75) is 33.2 Å². The van der Waals surface area contributed by atoms with Crippen LogP contribution in [0.3, 0.4) is 0 Å². The second-order valence-electron chi connectivity index (χ2n) is 4.77. The van der Waals surface area contributed by atoms with E-state index in [2.05, 4.69) is 40.1 Å². The highest BCUT2D eigenvalue weighted by atomic mass is 79.9. The van der Waals surface area contributed by atoms with Crippen LogP contribution in [0.5, 0.6) is 0 Å². The zero-order valence-corrected chi connectivity index (χ0v) is 14.2. The number of nitrogens with one attached hydrogen (secondary N) is 1. The molecule has 1 aromatic carbocycles. The quantitative estimate of drug-likeness (QED) is 0.807. The lowest BCUT2D eigenvalue weighted by molar-refractivity contribution is 0.575. The first kappa shape index (κ1) is 15.6. The number of aromatic nitrogens is 1. The van der Waals surface area contributed by atoms with Gasteiger partial charge in [-0.2, -0.15) is 0 Å². The van der Waals surface area contributed by atoms with Crippen LogP contribution in [-0.2, 0) is 0 Å². The van der Waals surface area contributed by atoms with Gasteiger partial charge in [0.25, 0.3) is 0 Å². The van der Waals surface area contributed by atoms with Crippen LogP contribution in [0.2, 0.25) is 0 Å².